The molecule has 0 aromatic rings. The summed E-state index contributed by atoms with van der Waals surface area (Å²) in [6, 6.07) is -0.369. The van der Waals surface area contributed by atoms with Crippen LogP contribution in [0, 0.1) is 5.92 Å². The molecule has 13 heavy (non-hydrogen) atoms. The third kappa shape index (κ3) is 2.29. The van der Waals surface area contributed by atoms with Gasteiger partial charge in [-0.1, -0.05) is 6.08 Å². The molecule has 1 saturated heterocycles. The first-order valence-corrected chi connectivity index (χ1v) is 4.48. The first-order chi connectivity index (χ1) is 6.19. The molecule has 2 atom stereocenters. The van der Waals surface area contributed by atoms with Crippen molar-refractivity contribution in [1.82, 2.24) is 4.90 Å². The topological polar surface area (TPSA) is 66.6 Å². The largest absolute Gasteiger partial charge is 0.480 e. The van der Waals surface area contributed by atoms with E-state index < -0.39 is 5.97 Å². The van der Waals surface area contributed by atoms with E-state index in [-0.39, 0.29) is 6.04 Å². The Labute approximate surface area is 78.0 Å². The van der Waals surface area contributed by atoms with Gasteiger partial charge < -0.3 is 10.8 Å². The summed E-state index contributed by atoms with van der Waals surface area (Å²) in [6.45, 7) is 5.62. The summed E-state index contributed by atoms with van der Waals surface area (Å²) >= 11 is 0. The van der Waals surface area contributed by atoms with E-state index in [0.29, 0.717) is 25.4 Å². The average Bonchev–Trinajstić information content (AvgIpc) is 2.48. The minimum absolute atomic E-state index is 0.299. The summed E-state index contributed by atoms with van der Waals surface area (Å²) in [7, 11) is 0. The molecule has 0 spiro atoms. The van der Waals surface area contributed by atoms with Gasteiger partial charge in [0, 0.05) is 19.6 Å². The highest BCUT2D eigenvalue weighted by atomic mass is 16.4. The van der Waals surface area contributed by atoms with Crippen LogP contribution in [0.15, 0.2) is 12.7 Å². The van der Waals surface area contributed by atoms with Gasteiger partial charge >= 0.3 is 5.97 Å². The highest BCUT2D eigenvalue weighted by molar-refractivity contribution is 5.74. The minimum atomic E-state index is -0.752. The summed E-state index contributed by atoms with van der Waals surface area (Å²) in [4.78, 5) is 12.7. The second kappa shape index (κ2) is 4.39. The first kappa shape index (κ1) is 10.2. The van der Waals surface area contributed by atoms with Crippen molar-refractivity contribution in [1.29, 1.82) is 0 Å². The molecular weight excluding hydrogens is 168 g/mol. The van der Waals surface area contributed by atoms with Gasteiger partial charge in [-0.05, 0) is 12.3 Å². The van der Waals surface area contributed by atoms with E-state index in [1.807, 2.05) is 11.0 Å². The number of rotatable bonds is 4. The lowest BCUT2D eigenvalue weighted by Crippen LogP contribution is -2.38. The number of nitrogens with zero attached hydrogens (tertiary/aromatic N) is 1. The fraction of sp³-hybridized carbons (Fsp3) is 0.667. The van der Waals surface area contributed by atoms with Crippen LogP contribution >= 0.6 is 0 Å². The number of hydrogen-bond donors (Lipinski definition) is 2. The summed E-state index contributed by atoms with van der Waals surface area (Å²) in [5.41, 5.74) is 5.40. The van der Waals surface area contributed by atoms with Crippen molar-refractivity contribution in [2.75, 3.05) is 19.6 Å². The Kier molecular flexibility index (Phi) is 3.45. The van der Waals surface area contributed by atoms with E-state index in [2.05, 4.69) is 6.58 Å². The summed E-state index contributed by atoms with van der Waals surface area (Å²) in [6.07, 6.45) is 2.49. The van der Waals surface area contributed by atoms with Crippen molar-refractivity contribution in [2.24, 2.45) is 11.7 Å². The van der Waals surface area contributed by atoms with Gasteiger partial charge in [0.25, 0.3) is 0 Å². The molecule has 1 aliphatic rings. The smallest absolute Gasteiger partial charge is 0.320 e. The second-order valence-electron chi connectivity index (χ2n) is 3.37. The molecule has 3 N–H and O–H groups in total. The van der Waals surface area contributed by atoms with Gasteiger partial charge in [-0.15, -0.1) is 6.58 Å². The number of carboxylic acids is 1. The summed E-state index contributed by atoms with van der Waals surface area (Å²) in [5.74, 6) is -0.453. The van der Waals surface area contributed by atoms with E-state index in [4.69, 9.17) is 10.8 Å². The molecule has 1 heterocycles. The molecule has 0 aromatic carbocycles. The molecule has 0 amide bonds. The normalized spacial score (nSPS) is 29.0. The van der Waals surface area contributed by atoms with Crippen LogP contribution < -0.4 is 5.73 Å². The maximum atomic E-state index is 10.8. The Bertz CT molecular complexity index is 206. The molecule has 0 radical (unpaired) electrons. The van der Waals surface area contributed by atoms with Gasteiger partial charge in [0.2, 0.25) is 0 Å². The van der Waals surface area contributed by atoms with Crippen molar-refractivity contribution in [3.8, 4) is 0 Å². The zero-order valence-corrected chi connectivity index (χ0v) is 7.65. The van der Waals surface area contributed by atoms with Crippen molar-refractivity contribution in [2.45, 2.75) is 12.5 Å². The third-order valence-corrected chi connectivity index (χ3v) is 2.47. The predicted molar refractivity (Wildman–Crippen MR) is 50.4 cm³/mol. The SMILES string of the molecule is C=CC1CC(C(=O)O)N(CCN)C1. The van der Waals surface area contributed by atoms with Crippen LogP contribution in [0.3, 0.4) is 0 Å². The molecule has 74 valence electrons. The van der Waals surface area contributed by atoms with Crippen LogP contribution in [0.5, 0.6) is 0 Å². The number of carbonyl (C=O) groups is 1. The number of likely N-dealkylation sites (tertiary alicyclic amines) is 1. The number of aliphatic carboxylic acids is 1. The van der Waals surface area contributed by atoms with Crippen molar-refractivity contribution < 1.29 is 9.90 Å². The quantitative estimate of drug-likeness (QED) is 0.599. The van der Waals surface area contributed by atoms with Crippen LogP contribution in [0.1, 0.15) is 6.42 Å². The van der Waals surface area contributed by atoms with Crippen molar-refractivity contribution >= 4 is 5.97 Å². The van der Waals surface area contributed by atoms with E-state index >= 15 is 0 Å². The molecule has 0 saturated carbocycles. The minimum Gasteiger partial charge on any atom is -0.480 e. The number of nitrogens with two attached hydrogens (primary N) is 1. The van der Waals surface area contributed by atoms with E-state index in [9.17, 15) is 4.79 Å². The third-order valence-electron chi connectivity index (χ3n) is 2.47. The van der Waals surface area contributed by atoms with Gasteiger partial charge in [0.05, 0.1) is 0 Å². The standard InChI is InChI=1S/C9H16N2O2/c1-2-7-5-8(9(12)13)11(6-7)4-3-10/h2,7-8H,1,3-6,10H2,(H,12,13). The number of carboxylic acid groups (broad SMARTS) is 1. The zero-order valence-electron chi connectivity index (χ0n) is 7.65. The highest BCUT2D eigenvalue weighted by Gasteiger charge is 2.34. The lowest BCUT2D eigenvalue weighted by Gasteiger charge is -2.19. The van der Waals surface area contributed by atoms with E-state index in [0.717, 1.165) is 6.54 Å². The monoisotopic (exact) mass is 184 g/mol. The van der Waals surface area contributed by atoms with Crippen molar-refractivity contribution in [3.63, 3.8) is 0 Å². The van der Waals surface area contributed by atoms with Gasteiger partial charge in [-0.3, -0.25) is 9.69 Å². The molecule has 2 unspecified atom stereocenters. The van der Waals surface area contributed by atoms with Crippen LogP contribution in [0.2, 0.25) is 0 Å². The fourth-order valence-electron chi connectivity index (χ4n) is 1.78. The van der Waals surface area contributed by atoms with Gasteiger partial charge in [-0.2, -0.15) is 0 Å². The van der Waals surface area contributed by atoms with Gasteiger partial charge in [0.15, 0.2) is 0 Å². The Balaban J connectivity index is 2.59. The van der Waals surface area contributed by atoms with E-state index in [1.54, 1.807) is 0 Å². The molecule has 1 fully saturated rings. The molecule has 1 aliphatic heterocycles. The Hall–Kier alpha value is -0.870. The van der Waals surface area contributed by atoms with Crippen molar-refractivity contribution in [3.05, 3.63) is 12.7 Å². The van der Waals surface area contributed by atoms with Crippen LogP contribution in [-0.2, 0) is 4.79 Å². The lowest BCUT2D eigenvalue weighted by molar-refractivity contribution is -0.142. The first-order valence-electron chi connectivity index (χ1n) is 4.48. The average molecular weight is 184 g/mol. The van der Waals surface area contributed by atoms with Crippen LogP contribution in [-0.4, -0.2) is 41.7 Å². The molecule has 4 heteroatoms. The molecular formula is C9H16N2O2. The molecule has 1 rings (SSSR count). The summed E-state index contributed by atoms with van der Waals surface area (Å²) < 4.78 is 0. The summed E-state index contributed by atoms with van der Waals surface area (Å²) in [5, 5.41) is 8.91. The fourth-order valence-corrected chi connectivity index (χ4v) is 1.78. The molecule has 4 nitrogen and oxygen atoms in total. The Morgan fingerprint density at radius 1 is 1.77 bits per heavy atom. The zero-order chi connectivity index (χ0) is 9.84. The lowest BCUT2D eigenvalue weighted by atomic mass is 10.1. The van der Waals surface area contributed by atoms with Gasteiger partial charge in [-0.25, -0.2) is 0 Å². The Morgan fingerprint density at radius 2 is 2.46 bits per heavy atom. The number of hydrogen-bond acceptors (Lipinski definition) is 3. The van der Waals surface area contributed by atoms with Crippen LogP contribution in [0.25, 0.3) is 0 Å². The molecule has 0 bridgehead atoms. The van der Waals surface area contributed by atoms with Gasteiger partial charge in [0.1, 0.15) is 6.04 Å². The second-order valence-corrected chi connectivity index (χ2v) is 3.37. The molecule has 0 aliphatic carbocycles. The molecule has 0 aromatic heterocycles. The highest BCUT2D eigenvalue weighted by Crippen LogP contribution is 2.23. The van der Waals surface area contributed by atoms with Crippen LogP contribution in [0.4, 0.5) is 0 Å². The predicted octanol–water partition coefficient (Wildman–Crippen LogP) is -0.0938. The Morgan fingerprint density at radius 3 is 2.92 bits per heavy atom. The maximum absolute atomic E-state index is 10.8. The van der Waals surface area contributed by atoms with E-state index in [1.165, 1.54) is 0 Å². The maximum Gasteiger partial charge on any atom is 0.320 e.